The van der Waals surface area contributed by atoms with Crippen molar-refractivity contribution < 1.29 is 9.31 Å². The molecule has 21 heavy (non-hydrogen) atoms. The Labute approximate surface area is 134 Å². The fourth-order valence-corrected chi connectivity index (χ4v) is 6.76. The van der Waals surface area contributed by atoms with Gasteiger partial charge in [0.2, 0.25) is 0 Å². The molecule has 3 rings (SSSR count). The van der Waals surface area contributed by atoms with E-state index in [0.717, 1.165) is 5.46 Å². The van der Waals surface area contributed by atoms with Gasteiger partial charge >= 0.3 is 134 Å². The van der Waals surface area contributed by atoms with Crippen LogP contribution in [0.25, 0.3) is 0 Å². The second kappa shape index (κ2) is 6.24. The van der Waals surface area contributed by atoms with Crippen molar-refractivity contribution in [3.8, 4) is 0 Å². The van der Waals surface area contributed by atoms with Gasteiger partial charge in [0, 0.05) is 0 Å². The standard InChI is InChI=1S/C16H18BO2PSe/c1-13-18-17(15-9-5-3-6-10-15)19-14(2)20(13,21)16-11-7-4-8-12-16/h3-14H,1-2H3/t13-,14+,20?. The minimum absolute atomic E-state index is 0.133. The zero-order valence-electron chi connectivity index (χ0n) is 12.2. The second-order valence-corrected chi connectivity index (χ2v) is 12.5. The molecule has 0 bridgehead atoms. The van der Waals surface area contributed by atoms with E-state index in [0.29, 0.717) is 0 Å². The number of benzene rings is 2. The van der Waals surface area contributed by atoms with Gasteiger partial charge in [-0.25, -0.2) is 0 Å². The topological polar surface area (TPSA) is 18.5 Å². The van der Waals surface area contributed by atoms with Crippen LogP contribution in [0, 0.1) is 0 Å². The molecule has 1 heterocycles. The van der Waals surface area contributed by atoms with Gasteiger partial charge in [0.15, 0.2) is 0 Å². The molecule has 2 nitrogen and oxygen atoms in total. The van der Waals surface area contributed by atoms with Crippen molar-refractivity contribution in [2.45, 2.75) is 25.5 Å². The van der Waals surface area contributed by atoms with E-state index < -0.39 is 5.51 Å². The van der Waals surface area contributed by atoms with Gasteiger partial charge in [-0.3, -0.25) is 0 Å². The summed E-state index contributed by atoms with van der Waals surface area (Å²) in [6, 6.07) is 20.7. The van der Waals surface area contributed by atoms with E-state index >= 15 is 0 Å². The molecular weight excluding hydrogens is 345 g/mol. The third-order valence-corrected chi connectivity index (χ3v) is 12.5. The summed E-state index contributed by atoms with van der Waals surface area (Å²) in [6.45, 7) is 4.32. The normalized spacial score (nSPS) is 29.3. The van der Waals surface area contributed by atoms with E-state index in [2.05, 4.69) is 65.3 Å². The van der Waals surface area contributed by atoms with Crippen LogP contribution in [0.2, 0.25) is 0 Å². The Morgan fingerprint density at radius 3 is 1.86 bits per heavy atom. The SMILES string of the molecule is C[C@@H]1OB(c2ccccc2)O[C@H](C)P1(=[Se])c1ccccc1. The Bertz CT molecular complexity index is 634. The van der Waals surface area contributed by atoms with Crippen LogP contribution in [0.1, 0.15) is 13.8 Å². The first-order chi connectivity index (χ1) is 10.1. The van der Waals surface area contributed by atoms with Crippen LogP contribution in [0.3, 0.4) is 0 Å². The zero-order valence-corrected chi connectivity index (χ0v) is 14.8. The van der Waals surface area contributed by atoms with Gasteiger partial charge in [0.05, 0.1) is 0 Å². The molecular formula is C16H18BO2PSe. The molecule has 108 valence electrons. The average molecular weight is 363 g/mol. The van der Waals surface area contributed by atoms with Crippen LogP contribution in [-0.4, -0.2) is 33.9 Å². The van der Waals surface area contributed by atoms with Crippen molar-refractivity contribution in [3.05, 3.63) is 60.7 Å². The number of hydrogen-bond acceptors (Lipinski definition) is 2. The molecule has 0 saturated carbocycles. The molecule has 0 aromatic heterocycles. The van der Waals surface area contributed by atoms with E-state index in [1.807, 2.05) is 24.3 Å². The zero-order chi connectivity index (χ0) is 14.9. The van der Waals surface area contributed by atoms with Gasteiger partial charge in [0.25, 0.3) is 0 Å². The maximum absolute atomic E-state index is 6.21. The molecule has 2 aromatic carbocycles. The molecule has 5 heteroatoms. The first kappa shape index (κ1) is 15.3. The molecule has 2 aromatic rings. The summed E-state index contributed by atoms with van der Waals surface area (Å²) in [6.07, 6.45) is 0. The van der Waals surface area contributed by atoms with Gasteiger partial charge in [-0.15, -0.1) is 0 Å². The summed E-state index contributed by atoms with van der Waals surface area (Å²) in [4.78, 5) is 0. The Balaban J connectivity index is 1.90. The Morgan fingerprint density at radius 2 is 1.33 bits per heavy atom. The quantitative estimate of drug-likeness (QED) is 0.603. The maximum atomic E-state index is 6.21. The van der Waals surface area contributed by atoms with Crippen molar-refractivity contribution in [1.29, 1.82) is 0 Å². The van der Waals surface area contributed by atoms with Crippen LogP contribution >= 0.6 is 5.51 Å². The van der Waals surface area contributed by atoms with Gasteiger partial charge in [-0.2, -0.15) is 0 Å². The Kier molecular flexibility index (Phi) is 4.54. The van der Waals surface area contributed by atoms with Gasteiger partial charge in [-0.05, 0) is 0 Å². The molecule has 0 spiro atoms. The van der Waals surface area contributed by atoms with Crippen molar-refractivity contribution in [2.24, 2.45) is 0 Å². The van der Waals surface area contributed by atoms with E-state index in [1.54, 1.807) is 0 Å². The van der Waals surface area contributed by atoms with Crippen LogP contribution < -0.4 is 10.8 Å². The third-order valence-electron chi connectivity index (χ3n) is 3.95. The first-order valence-corrected chi connectivity index (χ1v) is 11.3. The van der Waals surface area contributed by atoms with Crippen molar-refractivity contribution in [1.82, 2.24) is 0 Å². The minimum atomic E-state index is -1.63. The third kappa shape index (κ3) is 2.84. The average Bonchev–Trinajstić information content (AvgIpc) is 2.54. The molecule has 3 atom stereocenters. The van der Waals surface area contributed by atoms with E-state index in [9.17, 15) is 0 Å². The Hall–Kier alpha value is -0.626. The summed E-state index contributed by atoms with van der Waals surface area (Å²) in [5, 5.41) is 1.32. The van der Waals surface area contributed by atoms with Crippen molar-refractivity contribution in [3.63, 3.8) is 0 Å². The fourth-order valence-electron chi connectivity index (χ4n) is 2.71. The van der Waals surface area contributed by atoms with Gasteiger partial charge in [-0.1, -0.05) is 0 Å². The van der Waals surface area contributed by atoms with Crippen LogP contribution in [-0.2, 0) is 9.31 Å². The number of hydrogen-bond donors (Lipinski definition) is 0. The Morgan fingerprint density at radius 1 is 0.857 bits per heavy atom. The predicted molar refractivity (Wildman–Crippen MR) is 91.7 cm³/mol. The fraction of sp³-hybridized carbons (Fsp3) is 0.250. The molecule has 1 unspecified atom stereocenters. The molecule has 0 aliphatic carbocycles. The van der Waals surface area contributed by atoms with E-state index in [1.165, 1.54) is 5.30 Å². The number of rotatable bonds is 2. The molecule has 1 saturated heterocycles. The van der Waals surface area contributed by atoms with Crippen LogP contribution in [0.4, 0.5) is 0 Å². The molecule has 1 aliphatic rings. The summed E-state index contributed by atoms with van der Waals surface area (Å²) in [5.74, 6) is 0.266. The first-order valence-electron chi connectivity index (χ1n) is 7.13. The van der Waals surface area contributed by atoms with Crippen molar-refractivity contribution in [2.75, 3.05) is 0 Å². The second-order valence-electron chi connectivity index (χ2n) is 5.26. The molecule has 1 aliphatic heterocycles. The van der Waals surface area contributed by atoms with Crippen molar-refractivity contribution >= 4 is 38.5 Å². The monoisotopic (exact) mass is 364 g/mol. The molecule has 1 fully saturated rings. The van der Waals surface area contributed by atoms with E-state index in [4.69, 9.17) is 9.31 Å². The summed E-state index contributed by atoms with van der Waals surface area (Å²) in [5.41, 5.74) is -0.546. The van der Waals surface area contributed by atoms with Crippen LogP contribution in [0.5, 0.6) is 0 Å². The van der Waals surface area contributed by atoms with Gasteiger partial charge < -0.3 is 0 Å². The van der Waals surface area contributed by atoms with Crippen LogP contribution in [0.15, 0.2) is 60.7 Å². The summed E-state index contributed by atoms with van der Waals surface area (Å²) in [7, 11) is -0.276. The molecule has 0 radical (unpaired) electrons. The summed E-state index contributed by atoms with van der Waals surface area (Å²) >= 11 is 3.44. The molecule has 0 N–H and O–H groups in total. The predicted octanol–water partition coefficient (Wildman–Crippen LogP) is 2.55. The summed E-state index contributed by atoms with van der Waals surface area (Å²) < 4.78 is 12.4. The molecule has 0 amide bonds. The van der Waals surface area contributed by atoms with Gasteiger partial charge in [0.1, 0.15) is 0 Å². The van der Waals surface area contributed by atoms with E-state index in [-0.39, 0.29) is 18.8 Å².